The van der Waals surface area contributed by atoms with Gasteiger partial charge in [0.2, 0.25) is 0 Å². The molecule has 1 aromatic carbocycles. The van der Waals surface area contributed by atoms with Crippen LogP contribution in [0, 0.1) is 6.92 Å². The van der Waals surface area contributed by atoms with Gasteiger partial charge in [-0.05, 0) is 31.5 Å². The Hall–Kier alpha value is -2.27. The van der Waals surface area contributed by atoms with Crippen LogP contribution in [0.3, 0.4) is 0 Å². The Morgan fingerprint density at radius 3 is 2.53 bits per heavy atom. The molecule has 0 amide bonds. The van der Waals surface area contributed by atoms with E-state index in [1.807, 2.05) is 35.8 Å². The Morgan fingerprint density at radius 2 is 1.84 bits per heavy atom. The van der Waals surface area contributed by atoms with Gasteiger partial charge >= 0.3 is 0 Å². The van der Waals surface area contributed by atoms with Crippen molar-refractivity contribution in [1.29, 1.82) is 0 Å². The van der Waals surface area contributed by atoms with Gasteiger partial charge in [0.1, 0.15) is 18.2 Å². The summed E-state index contributed by atoms with van der Waals surface area (Å²) in [6.45, 7) is 3.66. The van der Waals surface area contributed by atoms with Gasteiger partial charge in [0.05, 0.1) is 11.8 Å². The molecule has 0 bridgehead atoms. The van der Waals surface area contributed by atoms with Crippen molar-refractivity contribution in [3.05, 3.63) is 48.2 Å². The number of aryl methyl sites for hydroxylation is 1. The first kappa shape index (κ1) is 11.8. The van der Waals surface area contributed by atoms with E-state index in [0.29, 0.717) is 0 Å². The zero-order chi connectivity index (χ0) is 13.4. The summed E-state index contributed by atoms with van der Waals surface area (Å²) in [6, 6.07) is 7.70. The van der Waals surface area contributed by atoms with Gasteiger partial charge in [-0.2, -0.15) is 0 Å². The van der Waals surface area contributed by atoms with Crippen molar-refractivity contribution < 1.29 is 5.11 Å². The van der Waals surface area contributed by atoms with E-state index < -0.39 is 6.10 Å². The van der Waals surface area contributed by atoms with Crippen molar-refractivity contribution >= 4 is 11.2 Å². The number of hydrogen-bond acceptors (Lipinski definition) is 4. The van der Waals surface area contributed by atoms with Crippen LogP contribution in [0.4, 0.5) is 0 Å². The Bertz CT molecular complexity index is 716. The highest BCUT2D eigenvalue weighted by Crippen LogP contribution is 2.19. The Morgan fingerprint density at radius 1 is 1.11 bits per heavy atom. The number of imidazole rings is 1. The molecule has 5 heteroatoms. The molecular weight excluding hydrogens is 240 g/mol. The third-order valence-electron chi connectivity index (χ3n) is 3.17. The topological polar surface area (TPSA) is 63.8 Å². The molecule has 1 N–H and O–H groups in total. The second-order valence-electron chi connectivity index (χ2n) is 4.51. The van der Waals surface area contributed by atoms with Crippen LogP contribution in [-0.4, -0.2) is 24.6 Å². The lowest BCUT2D eigenvalue weighted by atomic mass is 10.1. The van der Waals surface area contributed by atoms with Crippen LogP contribution in [0.25, 0.3) is 16.9 Å². The van der Waals surface area contributed by atoms with Crippen LogP contribution < -0.4 is 0 Å². The molecule has 2 heterocycles. The maximum atomic E-state index is 9.51. The standard InChI is InChI=1S/C14H14N4O/c1-9-13-14(16-7-15-9)18(8-17-13)12-5-3-11(4-6-12)10(2)19/h3-8,10,19H,1-2H3. The predicted molar refractivity (Wildman–Crippen MR) is 72.0 cm³/mol. The zero-order valence-electron chi connectivity index (χ0n) is 10.8. The van der Waals surface area contributed by atoms with E-state index in [0.717, 1.165) is 28.1 Å². The smallest absolute Gasteiger partial charge is 0.168 e. The second-order valence-corrected chi connectivity index (χ2v) is 4.51. The number of rotatable bonds is 2. The maximum Gasteiger partial charge on any atom is 0.168 e. The molecule has 0 radical (unpaired) electrons. The summed E-state index contributed by atoms with van der Waals surface area (Å²) in [5.41, 5.74) is 4.31. The molecule has 0 spiro atoms. The van der Waals surface area contributed by atoms with Gasteiger partial charge in [-0.1, -0.05) is 12.1 Å². The molecule has 0 saturated carbocycles. The highest BCUT2D eigenvalue weighted by molar-refractivity contribution is 5.74. The fourth-order valence-electron chi connectivity index (χ4n) is 2.05. The summed E-state index contributed by atoms with van der Waals surface area (Å²) in [4.78, 5) is 12.7. The monoisotopic (exact) mass is 254 g/mol. The summed E-state index contributed by atoms with van der Waals surface area (Å²) in [5.74, 6) is 0. The molecule has 0 aliphatic heterocycles. The first-order valence-corrected chi connectivity index (χ1v) is 6.10. The molecule has 3 aromatic rings. The summed E-state index contributed by atoms with van der Waals surface area (Å²) in [5, 5.41) is 9.51. The van der Waals surface area contributed by atoms with E-state index in [1.165, 1.54) is 0 Å². The molecule has 3 rings (SSSR count). The van der Waals surface area contributed by atoms with E-state index in [-0.39, 0.29) is 0 Å². The van der Waals surface area contributed by atoms with Crippen molar-refractivity contribution in [3.63, 3.8) is 0 Å². The highest BCUT2D eigenvalue weighted by atomic mass is 16.3. The lowest BCUT2D eigenvalue weighted by Crippen LogP contribution is -1.96. The summed E-state index contributed by atoms with van der Waals surface area (Å²) >= 11 is 0. The number of aliphatic hydroxyl groups excluding tert-OH is 1. The molecule has 96 valence electrons. The van der Waals surface area contributed by atoms with Crippen LogP contribution in [0.2, 0.25) is 0 Å². The summed E-state index contributed by atoms with van der Waals surface area (Å²) in [7, 11) is 0. The van der Waals surface area contributed by atoms with E-state index in [1.54, 1.807) is 19.6 Å². The van der Waals surface area contributed by atoms with Crippen molar-refractivity contribution in [2.75, 3.05) is 0 Å². The van der Waals surface area contributed by atoms with Crippen molar-refractivity contribution in [1.82, 2.24) is 19.5 Å². The number of aromatic nitrogens is 4. The number of benzene rings is 1. The van der Waals surface area contributed by atoms with Gasteiger partial charge in [0.15, 0.2) is 5.65 Å². The molecular formula is C14H14N4O. The van der Waals surface area contributed by atoms with Gasteiger partial charge in [-0.3, -0.25) is 4.57 Å². The number of aliphatic hydroxyl groups is 1. The van der Waals surface area contributed by atoms with Gasteiger partial charge in [-0.25, -0.2) is 15.0 Å². The number of hydrogen-bond donors (Lipinski definition) is 1. The average Bonchev–Trinajstić information content (AvgIpc) is 2.84. The average molecular weight is 254 g/mol. The minimum Gasteiger partial charge on any atom is -0.389 e. The Balaban J connectivity index is 2.11. The third kappa shape index (κ3) is 1.98. The van der Waals surface area contributed by atoms with Gasteiger partial charge < -0.3 is 5.11 Å². The van der Waals surface area contributed by atoms with Gasteiger partial charge in [-0.15, -0.1) is 0 Å². The first-order chi connectivity index (χ1) is 9.16. The quantitative estimate of drug-likeness (QED) is 0.761. The van der Waals surface area contributed by atoms with Crippen molar-refractivity contribution in [2.24, 2.45) is 0 Å². The van der Waals surface area contributed by atoms with Crippen molar-refractivity contribution in [2.45, 2.75) is 20.0 Å². The molecule has 19 heavy (non-hydrogen) atoms. The van der Waals surface area contributed by atoms with Gasteiger partial charge in [0, 0.05) is 5.69 Å². The van der Waals surface area contributed by atoms with E-state index in [4.69, 9.17) is 0 Å². The molecule has 0 saturated heterocycles. The molecule has 0 fully saturated rings. The highest BCUT2D eigenvalue weighted by Gasteiger charge is 2.09. The molecule has 1 atom stereocenters. The largest absolute Gasteiger partial charge is 0.389 e. The molecule has 0 aliphatic rings. The lowest BCUT2D eigenvalue weighted by molar-refractivity contribution is 0.199. The van der Waals surface area contributed by atoms with Gasteiger partial charge in [0.25, 0.3) is 0 Å². The normalized spacial score (nSPS) is 12.8. The number of fused-ring (bicyclic) bond motifs is 1. The van der Waals surface area contributed by atoms with Crippen LogP contribution in [0.5, 0.6) is 0 Å². The van der Waals surface area contributed by atoms with E-state index in [2.05, 4.69) is 15.0 Å². The summed E-state index contributed by atoms with van der Waals surface area (Å²) < 4.78 is 1.91. The Kier molecular flexibility index (Phi) is 2.76. The molecule has 2 aromatic heterocycles. The summed E-state index contributed by atoms with van der Waals surface area (Å²) in [6.07, 6.45) is 2.82. The van der Waals surface area contributed by atoms with E-state index >= 15 is 0 Å². The van der Waals surface area contributed by atoms with Crippen molar-refractivity contribution in [3.8, 4) is 5.69 Å². The predicted octanol–water partition coefficient (Wildman–Crippen LogP) is 2.18. The minimum atomic E-state index is -0.460. The van der Waals surface area contributed by atoms with Crippen LogP contribution >= 0.6 is 0 Å². The van der Waals surface area contributed by atoms with Crippen LogP contribution in [0.1, 0.15) is 24.3 Å². The fraction of sp³-hybridized carbons (Fsp3) is 0.214. The lowest BCUT2D eigenvalue weighted by Gasteiger charge is -2.07. The van der Waals surface area contributed by atoms with Crippen LogP contribution in [0.15, 0.2) is 36.9 Å². The maximum absolute atomic E-state index is 9.51. The zero-order valence-corrected chi connectivity index (χ0v) is 10.8. The minimum absolute atomic E-state index is 0.460. The molecule has 0 aliphatic carbocycles. The second kappa shape index (κ2) is 4.44. The third-order valence-corrected chi connectivity index (χ3v) is 3.17. The van der Waals surface area contributed by atoms with E-state index in [9.17, 15) is 5.11 Å². The Labute approximate surface area is 110 Å². The van der Waals surface area contributed by atoms with Crippen LogP contribution in [-0.2, 0) is 0 Å². The molecule has 1 unspecified atom stereocenters. The molecule has 5 nitrogen and oxygen atoms in total. The first-order valence-electron chi connectivity index (χ1n) is 6.10. The number of nitrogens with zero attached hydrogens (tertiary/aromatic N) is 4. The SMILES string of the molecule is Cc1ncnc2c1ncn2-c1ccc(C(C)O)cc1. The fourth-order valence-corrected chi connectivity index (χ4v) is 2.05.